The number of nitrogens with zero attached hydrogens (tertiary/aromatic N) is 1. The second-order valence-electron chi connectivity index (χ2n) is 3.38. The topological polar surface area (TPSA) is 102 Å². The molecule has 0 fully saturated rings. The molecule has 1 unspecified atom stereocenters. The highest BCUT2D eigenvalue weighted by molar-refractivity contribution is 5.94. The molecule has 0 saturated heterocycles. The van der Waals surface area contributed by atoms with E-state index >= 15 is 0 Å². The highest BCUT2D eigenvalue weighted by atomic mass is 16.5. The van der Waals surface area contributed by atoms with Crippen LogP contribution in [0.15, 0.2) is 10.6 Å². The van der Waals surface area contributed by atoms with Gasteiger partial charge in [-0.15, -0.1) is 12.3 Å². The van der Waals surface area contributed by atoms with Crippen molar-refractivity contribution in [2.75, 3.05) is 7.11 Å². The summed E-state index contributed by atoms with van der Waals surface area (Å²) in [6.45, 7) is 0.174. The molecule has 0 bridgehead atoms. The lowest BCUT2D eigenvalue weighted by Gasteiger charge is -2.09. The smallest absolute Gasteiger partial charge is 0.327 e. The molecule has 1 heterocycles. The van der Waals surface area contributed by atoms with Crippen molar-refractivity contribution in [1.82, 2.24) is 10.5 Å². The van der Waals surface area contributed by atoms with Gasteiger partial charge in [-0.1, -0.05) is 5.16 Å². The highest BCUT2D eigenvalue weighted by Crippen LogP contribution is 2.05. The Morgan fingerprint density at radius 2 is 2.44 bits per heavy atom. The molecule has 0 aliphatic rings. The number of carboxylic acids is 1. The molecule has 7 nitrogen and oxygen atoms in total. The van der Waals surface area contributed by atoms with E-state index in [9.17, 15) is 9.59 Å². The van der Waals surface area contributed by atoms with Gasteiger partial charge in [0.15, 0.2) is 11.5 Å². The fourth-order valence-electron chi connectivity index (χ4n) is 1.18. The summed E-state index contributed by atoms with van der Waals surface area (Å²) in [5, 5.41) is 14.6. The van der Waals surface area contributed by atoms with Crippen LogP contribution in [0.1, 0.15) is 22.7 Å². The molecule has 1 aromatic heterocycles. The Hall–Kier alpha value is -2.33. The van der Waals surface area contributed by atoms with E-state index in [1.165, 1.54) is 13.2 Å². The Kier molecular flexibility index (Phi) is 4.90. The number of aromatic nitrogens is 1. The first-order chi connectivity index (χ1) is 8.58. The number of carbonyl (C=O) groups is 2. The summed E-state index contributed by atoms with van der Waals surface area (Å²) in [4.78, 5) is 22.4. The predicted molar refractivity (Wildman–Crippen MR) is 59.6 cm³/mol. The Morgan fingerprint density at radius 1 is 1.72 bits per heavy atom. The quantitative estimate of drug-likeness (QED) is 0.692. The van der Waals surface area contributed by atoms with Gasteiger partial charge in [0.05, 0.1) is 0 Å². The predicted octanol–water partition coefficient (Wildman–Crippen LogP) is 0.0273. The third-order valence-electron chi connectivity index (χ3n) is 2.00. The van der Waals surface area contributed by atoms with Crippen LogP contribution in [0, 0.1) is 12.3 Å². The van der Waals surface area contributed by atoms with Gasteiger partial charge in [0.2, 0.25) is 0 Å². The van der Waals surface area contributed by atoms with Crippen LogP contribution in [-0.4, -0.2) is 35.3 Å². The monoisotopic (exact) mass is 252 g/mol. The standard InChI is InChI=1S/C11H12N2O5/c1-3-4-8(11(15)16)12-10(14)9-5-7(6-17-2)18-13-9/h1,5,8H,4,6H2,2H3,(H,12,14)(H,15,16). The number of rotatable bonds is 6. The average Bonchev–Trinajstić information content (AvgIpc) is 2.77. The molecule has 1 rings (SSSR count). The lowest BCUT2D eigenvalue weighted by atomic mass is 10.2. The van der Waals surface area contributed by atoms with E-state index in [0.29, 0.717) is 5.76 Å². The van der Waals surface area contributed by atoms with Crippen LogP contribution in [0.5, 0.6) is 0 Å². The third-order valence-corrected chi connectivity index (χ3v) is 2.00. The van der Waals surface area contributed by atoms with Gasteiger partial charge in [-0.25, -0.2) is 4.79 Å². The number of methoxy groups -OCH3 is 1. The molecule has 18 heavy (non-hydrogen) atoms. The number of carbonyl (C=O) groups excluding carboxylic acids is 1. The first kappa shape index (κ1) is 13.7. The summed E-state index contributed by atoms with van der Waals surface area (Å²) in [7, 11) is 1.47. The van der Waals surface area contributed by atoms with Gasteiger partial charge in [0, 0.05) is 19.6 Å². The number of aliphatic carboxylic acids is 1. The molecule has 0 aromatic carbocycles. The van der Waals surface area contributed by atoms with Crippen LogP contribution in [-0.2, 0) is 16.1 Å². The molecule has 0 aliphatic carbocycles. The number of hydrogen-bond donors (Lipinski definition) is 2. The Morgan fingerprint density at radius 3 is 3.00 bits per heavy atom. The Labute approximate surface area is 103 Å². The molecule has 96 valence electrons. The van der Waals surface area contributed by atoms with Gasteiger partial charge in [-0.2, -0.15) is 0 Å². The summed E-state index contributed by atoms with van der Waals surface area (Å²) in [5.41, 5.74) is -0.0229. The maximum Gasteiger partial charge on any atom is 0.327 e. The van der Waals surface area contributed by atoms with Crippen molar-refractivity contribution in [3.63, 3.8) is 0 Å². The molecule has 1 aromatic rings. The van der Waals surface area contributed by atoms with Gasteiger partial charge in [0.25, 0.3) is 5.91 Å². The normalized spacial score (nSPS) is 11.6. The highest BCUT2D eigenvalue weighted by Gasteiger charge is 2.21. The lowest BCUT2D eigenvalue weighted by Crippen LogP contribution is -2.40. The molecule has 0 saturated carbocycles. The van der Waals surface area contributed by atoms with Gasteiger partial charge in [0.1, 0.15) is 12.6 Å². The van der Waals surface area contributed by atoms with Crippen molar-refractivity contribution in [2.45, 2.75) is 19.1 Å². The van der Waals surface area contributed by atoms with Crippen LogP contribution in [0.2, 0.25) is 0 Å². The van der Waals surface area contributed by atoms with Crippen molar-refractivity contribution in [3.8, 4) is 12.3 Å². The minimum absolute atomic E-state index is 0.0229. The van der Waals surface area contributed by atoms with Crippen LogP contribution in [0.4, 0.5) is 0 Å². The molecule has 0 aliphatic heterocycles. The van der Waals surface area contributed by atoms with E-state index in [4.69, 9.17) is 20.8 Å². The zero-order chi connectivity index (χ0) is 13.5. The summed E-state index contributed by atoms with van der Waals surface area (Å²) in [5.74, 6) is 0.669. The third kappa shape index (κ3) is 3.61. The van der Waals surface area contributed by atoms with E-state index in [1.807, 2.05) is 0 Å². The van der Waals surface area contributed by atoms with Gasteiger partial charge in [-0.05, 0) is 0 Å². The summed E-state index contributed by atoms with van der Waals surface area (Å²) < 4.78 is 9.60. The van der Waals surface area contributed by atoms with Crippen LogP contribution >= 0.6 is 0 Å². The van der Waals surface area contributed by atoms with E-state index in [0.717, 1.165) is 0 Å². The van der Waals surface area contributed by atoms with Crippen LogP contribution in [0.3, 0.4) is 0 Å². The number of ether oxygens (including phenoxy) is 1. The molecule has 1 amide bonds. The number of terminal acetylenes is 1. The van der Waals surface area contributed by atoms with Gasteiger partial charge < -0.3 is 19.7 Å². The minimum Gasteiger partial charge on any atom is -0.480 e. The maximum atomic E-state index is 11.6. The molecular formula is C11H12N2O5. The van der Waals surface area contributed by atoms with E-state index in [2.05, 4.69) is 16.4 Å². The van der Waals surface area contributed by atoms with Crippen molar-refractivity contribution < 1.29 is 24.0 Å². The first-order valence-electron chi connectivity index (χ1n) is 5.00. The van der Waals surface area contributed by atoms with Crippen molar-refractivity contribution in [1.29, 1.82) is 0 Å². The van der Waals surface area contributed by atoms with Crippen molar-refractivity contribution in [3.05, 3.63) is 17.5 Å². The van der Waals surface area contributed by atoms with Crippen molar-refractivity contribution >= 4 is 11.9 Å². The number of hydrogen-bond acceptors (Lipinski definition) is 5. The van der Waals surface area contributed by atoms with Gasteiger partial charge in [-0.3, -0.25) is 4.79 Å². The Bertz CT molecular complexity index is 474. The number of carboxylic acid groups (broad SMARTS) is 1. The summed E-state index contributed by atoms with van der Waals surface area (Å²) in [6.07, 6.45) is 4.90. The zero-order valence-electron chi connectivity index (χ0n) is 9.67. The SMILES string of the molecule is C#CCC(NC(=O)c1cc(COC)on1)C(=O)O. The molecule has 1 atom stereocenters. The zero-order valence-corrected chi connectivity index (χ0v) is 9.67. The van der Waals surface area contributed by atoms with Crippen LogP contribution < -0.4 is 5.32 Å². The van der Waals surface area contributed by atoms with Crippen molar-refractivity contribution in [2.24, 2.45) is 0 Å². The van der Waals surface area contributed by atoms with Crippen LogP contribution in [0.25, 0.3) is 0 Å². The maximum absolute atomic E-state index is 11.6. The molecule has 2 N–H and O–H groups in total. The molecule has 0 radical (unpaired) electrons. The second kappa shape index (κ2) is 6.42. The summed E-state index contributed by atoms with van der Waals surface area (Å²) >= 11 is 0. The largest absolute Gasteiger partial charge is 0.480 e. The van der Waals surface area contributed by atoms with E-state index in [1.54, 1.807) is 0 Å². The van der Waals surface area contributed by atoms with Gasteiger partial charge >= 0.3 is 5.97 Å². The Balaban J connectivity index is 2.68. The minimum atomic E-state index is -1.21. The first-order valence-corrected chi connectivity index (χ1v) is 5.00. The molecular weight excluding hydrogens is 240 g/mol. The average molecular weight is 252 g/mol. The number of nitrogens with one attached hydrogen (secondary N) is 1. The second-order valence-corrected chi connectivity index (χ2v) is 3.38. The summed E-state index contributed by atoms with van der Waals surface area (Å²) in [6, 6.07) is 0.221. The van der Waals surface area contributed by atoms with E-state index < -0.39 is 17.9 Å². The fourth-order valence-corrected chi connectivity index (χ4v) is 1.18. The molecule has 7 heteroatoms. The fraction of sp³-hybridized carbons (Fsp3) is 0.364. The lowest BCUT2D eigenvalue weighted by molar-refractivity contribution is -0.139. The number of amides is 1. The van der Waals surface area contributed by atoms with E-state index in [-0.39, 0.29) is 18.7 Å². The molecule has 0 spiro atoms.